The van der Waals surface area contributed by atoms with Gasteiger partial charge >= 0.3 is 0 Å². The zero-order valence-electron chi connectivity index (χ0n) is 14.9. The van der Waals surface area contributed by atoms with E-state index in [-0.39, 0.29) is 5.91 Å². The Bertz CT molecular complexity index is 758. The molecule has 1 aromatic heterocycles. The number of rotatable bonds is 2. The Hall–Kier alpha value is -2.20. The van der Waals surface area contributed by atoms with Crippen LogP contribution in [0.3, 0.4) is 0 Å². The first-order valence-electron chi connectivity index (χ1n) is 8.45. The molecule has 2 heterocycles. The van der Waals surface area contributed by atoms with Crippen molar-refractivity contribution >= 4 is 11.7 Å². The van der Waals surface area contributed by atoms with Gasteiger partial charge in [-0.15, -0.1) is 0 Å². The SMILES string of the molecule is Cc1cc2c(cc1-c1ccc(NC(=O)C(C)(C)C)nc1)CNCC2. The van der Waals surface area contributed by atoms with Gasteiger partial charge in [-0.25, -0.2) is 4.98 Å². The van der Waals surface area contributed by atoms with Crippen LogP contribution in [0.5, 0.6) is 0 Å². The molecule has 1 aliphatic heterocycles. The lowest BCUT2D eigenvalue weighted by molar-refractivity contribution is -0.123. The summed E-state index contributed by atoms with van der Waals surface area (Å²) >= 11 is 0. The van der Waals surface area contributed by atoms with E-state index in [1.54, 1.807) is 0 Å². The van der Waals surface area contributed by atoms with Crippen molar-refractivity contribution in [3.8, 4) is 11.1 Å². The third kappa shape index (κ3) is 3.49. The smallest absolute Gasteiger partial charge is 0.230 e. The highest BCUT2D eigenvalue weighted by Crippen LogP contribution is 2.28. The van der Waals surface area contributed by atoms with Crippen molar-refractivity contribution in [2.75, 3.05) is 11.9 Å². The van der Waals surface area contributed by atoms with Gasteiger partial charge < -0.3 is 10.6 Å². The number of aromatic nitrogens is 1. The zero-order valence-corrected chi connectivity index (χ0v) is 14.9. The van der Waals surface area contributed by atoms with Gasteiger partial charge in [-0.05, 0) is 60.3 Å². The predicted octanol–water partition coefficient (Wildman–Crippen LogP) is 3.69. The largest absolute Gasteiger partial charge is 0.312 e. The Labute approximate surface area is 143 Å². The van der Waals surface area contributed by atoms with Crippen LogP contribution >= 0.6 is 0 Å². The maximum Gasteiger partial charge on any atom is 0.230 e. The van der Waals surface area contributed by atoms with Gasteiger partial charge in [0.1, 0.15) is 5.82 Å². The second-order valence-corrected chi connectivity index (χ2v) is 7.50. The third-order valence-electron chi connectivity index (χ3n) is 4.43. The number of hydrogen-bond acceptors (Lipinski definition) is 3. The van der Waals surface area contributed by atoms with Crippen LogP contribution in [0.2, 0.25) is 0 Å². The highest BCUT2D eigenvalue weighted by atomic mass is 16.2. The van der Waals surface area contributed by atoms with Crippen molar-refractivity contribution in [1.29, 1.82) is 0 Å². The minimum absolute atomic E-state index is 0.0289. The van der Waals surface area contributed by atoms with Crippen molar-refractivity contribution in [2.24, 2.45) is 5.41 Å². The van der Waals surface area contributed by atoms with E-state index in [9.17, 15) is 4.79 Å². The number of fused-ring (bicyclic) bond motifs is 1. The fourth-order valence-electron chi connectivity index (χ4n) is 2.90. The van der Waals surface area contributed by atoms with Crippen molar-refractivity contribution in [3.05, 3.63) is 47.2 Å². The molecule has 1 aliphatic rings. The van der Waals surface area contributed by atoms with Crippen molar-refractivity contribution in [2.45, 2.75) is 40.7 Å². The summed E-state index contributed by atoms with van der Waals surface area (Å²) < 4.78 is 0. The Morgan fingerprint density at radius 1 is 1.21 bits per heavy atom. The summed E-state index contributed by atoms with van der Waals surface area (Å²) in [6, 6.07) is 8.45. The van der Waals surface area contributed by atoms with Gasteiger partial charge in [-0.1, -0.05) is 26.8 Å². The average Bonchev–Trinajstić information content (AvgIpc) is 2.54. The Morgan fingerprint density at radius 3 is 2.67 bits per heavy atom. The number of amides is 1. The molecule has 1 aromatic carbocycles. The van der Waals surface area contributed by atoms with E-state index < -0.39 is 5.41 Å². The molecule has 4 heteroatoms. The fourth-order valence-corrected chi connectivity index (χ4v) is 2.90. The molecular formula is C20H25N3O. The lowest BCUT2D eigenvalue weighted by Crippen LogP contribution is -2.27. The molecule has 0 saturated heterocycles. The molecule has 24 heavy (non-hydrogen) atoms. The van der Waals surface area contributed by atoms with Gasteiger partial charge in [0, 0.05) is 23.7 Å². The number of carbonyl (C=O) groups is 1. The van der Waals surface area contributed by atoms with Gasteiger partial charge in [-0.2, -0.15) is 0 Å². The normalized spacial score (nSPS) is 14.2. The van der Waals surface area contributed by atoms with E-state index in [0.717, 1.165) is 25.1 Å². The number of benzene rings is 1. The Morgan fingerprint density at radius 2 is 2.00 bits per heavy atom. The molecule has 0 saturated carbocycles. The van der Waals surface area contributed by atoms with Crippen molar-refractivity contribution in [1.82, 2.24) is 10.3 Å². The molecule has 0 atom stereocenters. The van der Waals surface area contributed by atoms with E-state index in [1.165, 1.54) is 22.3 Å². The van der Waals surface area contributed by atoms with Crippen LogP contribution in [-0.2, 0) is 17.8 Å². The predicted molar refractivity (Wildman–Crippen MR) is 97.9 cm³/mol. The monoisotopic (exact) mass is 323 g/mol. The van der Waals surface area contributed by atoms with E-state index in [1.807, 2.05) is 39.1 Å². The molecule has 0 radical (unpaired) electrons. The number of carbonyl (C=O) groups excluding carboxylic acids is 1. The number of nitrogens with one attached hydrogen (secondary N) is 2. The lowest BCUT2D eigenvalue weighted by Gasteiger charge is -2.20. The first kappa shape index (κ1) is 16.7. The van der Waals surface area contributed by atoms with Crippen LogP contribution in [-0.4, -0.2) is 17.4 Å². The van der Waals surface area contributed by atoms with Gasteiger partial charge in [-0.3, -0.25) is 4.79 Å². The number of nitrogens with zero attached hydrogens (tertiary/aromatic N) is 1. The summed E-state index contributed by atoms with van der Waals surface area (Å²) in [4.78, 5) is 16.5. The molecule has 0 spiro atoms. The highest BCUT2D eigenvalue weighted by molar-refractivity contribution is 5.93. The first-order valence-corrected chi connectivity index (χ1v) is 8.45. The van der Waals surface area contributed by atoms with Gasteiger partial charge in [0.25, 0.3) is 0 Å². The lowest BCUT2D eigenvalue weighted by atomic mass is 9.92. The Kier molecular flexibility index (Phi) is 4.41. The van der Waals surface area contributed by atoms with Gasteiger partial charge in [0.15, 0.2) is 0 Å². The van der Waals surface area contributed by atoms with Gasteiger partial charge in [0.05, 0.1) is 0 Å². The summed E-state index contributed by atoms with van der Waals surface area (Å²) in [5.74, 6) is 0.565. The Balaban J connectivity index is 1.85. The molecule has 2 N–H and O–H groups in total. The standard InChI is InChI=1S/C20H25N3O/c1-13-9-14-7-8-21-11-16(14)10-17(13)15-5-6-18(22-12-15)23-19(24)20(2,3)4/h5-6,9-10,12,21H,7-8,11H2,1-4H3,(H,22,23,24). The van der Waals surface area contributed by atoms with Crippen LogP contribution < -0.4 is 10.6 Å². The maximum absolute atomic E-state index is 12.0. The van der Waals surface area contributed by atoms with Crippen LogP contribution in [0.25, 0.3) is 11.1 Å². The van der Waals surface area contributed by atoms with E-state index >= 15 is 0 Å². The van der Waals surface area contributed by atoms with Crippen LogP contribution in [0.15, 0.2) is 30.5 Å². The number of hydrogen-bond donors (Lipinski definition) is 2. The van der Waals surface area contributed by atoms with Crippen LogP contribution in [0.4, 0.5) is 5.82 Å². The summed E-state index contributed by atoms with van der Waals surface area (Å²) in [5.41, 5.74) is 5.93. The molecule has 1 amide bonds. The summed E-state index contributed by atoms with van der Waals surface area (Å²) in [6.45, 7) is 9.79. The molecule has 4 nitrogen and oxygen atoms in total. The van der Waals surface area contributed by atoms with Crippen molar-refractivity contribution in [3.63, 3.8) is 0 Å². The number of aryl methyl sites for hydroxylation is 1. The number of pyridine rings is 1. The van der Waals surface area contributed by atoms with E-state index in [2.05, 4.69) is 34.7 Å². The summed E-state index contributed by atoms with van der Waals surface area (Å²) in [7, 11) is 0. The molecule has 126 valence electrons. The molecule has 0 aliphatic carbocycles. The maximum atomic E-state index is 12.0. The fraction of sp³-hybridized carbons (Fsp3) is 0.400. The molecular weight excluding hydrogens is 298 g/mol. The topological polar surface area (TPSA) is 54.0 Å². The minimum atomic E-state index is -0.428. The molecule has 0 unspecified atom stereocenters. The zero-order chi connectivity index (χ0) is 17.3. The van der Waals surface area contributed by atoms with E-state index in [4.69, 9.17) is 0 Å². The number of anilines is 1. The second kappa shape index (κ2) is 6.36. The average molecular weight is 323 g/mol. The summed E-state index contributed by atoms with van der Waals surface area (Å²) in [5, 5.41) is 6.29. The molecule has 0 fully saturated rings. The van der Waals surface area contributed by atoms with Crippen molar-refractivity contribution < 1.29 is 4.79 Å². The van der Waals surface area contributed by atoms with Crippen LogP contribution in [0, 0.1) is 12.3 Å². The highest BCUT2D eigenvalue weighted by Gasteiger charge is 2.21. The third-order valence-corrected chi connectivity index (χ3v) is 4.43. The quantitative estimate of drug-likeness (QED) is 0.886. The molecule has 0 bridgehead atoms. The summed E-state index contributed by atoms with van der Waals surface area (Å²) in [6.07, 6.45) is 2.93. The molecule has 3 rings (SSSR count). The second-order valence-electron chi connectivity index (χ2n) is 7.50. The van der Waals surface area contributed by atoms with E-state index in [0.29, 0.717) is 5.82 Å². The van der Waals surface area contributed by atoms with Crippen LogP contribution in [0.1, 0.15) is 37.5 Å². The molecule has 2 aromatic rings. The minimum Gasteiger partial charge on any atom is -0.312 e. The first-order chi connectivity index (χ1) is 11.3. The van der Waals surface area contributed by atoms with Gasteiger partial charge in [0.2, 0.25) is 5.91 Å².